The molecule has 2 N–H and O–H groups in total. The van der Waals surface area contributed by atoms with Crippen LogP contribution in [0.4, 0.5) is 0 Å². The molecule has 2 rings (SSSR count). The summed E-state index contributed by atoms with van der Waals surface area (Å²) in [6.45, 7) is 4.68. The van der Waals surface area contributed by atoms with Crippen LogP contribution in [-0.4, -0.2) is 26.8 Å². The molecule has 1 aliphatic carbocycles. The second-order valence-electron chi connectivity index (χ2n) is 5.65. The van der Waals surface area contributed by atoms with Crippen LogP contribution in [0.25, 0.3) is 0 Å². The van der Waals surface area contributed by atoms with E-state index < -0.39 is 10.0 Å². The largest absolute Gasteiger partial charge is 0.314 e. The van der Waals surface area contributed by atoms with Gasteiger partial charge in [-0.2, -0.15) is 0 Å². The van der Waals surface area contributed by atoms with Crippen LogP contribution in [0.15, 0.2) is 24.3 Å². The van der Waals surface area contributed by atoms with Gasteiger partial charge in [-0.1, -0.05) is 29.8 Å². The van der Waals surface area contributed by atoms with Crippen LogP contribution in [0.2, 0.25) is 0 Å². The van der Waals surface area contributed by atoms with Gasteiger partial charge in [0, 0.05) is 12.1 Å². The average Bonchev–Trinajstić information content (AvgIpc) is 3.19. The molecular formula is C15H24N2O2S. The molecule has 0 aromatic heterocycles. The normalized spacial score (nSPS) is 17.1. The van der Waals surface area contributed by atoms with Gasteiger partial charge in [0.05, 0.1) is 5.75 Å². The number of rotatable bonds is 8. The molecule has 1 fully saturated rings. The van der Waals surface area contributed by atoms with E-state index in [4.69, 9.17) is 0 Å². The average molecular weight is 296 g/mol. The number of benzene rings is 1. The number of nitrogens with one attached hydrogen (secondary N) is 2. The van der Waals surface area contributed by atoms with Gasteiger partial charge in [0.2, 0.25) is 10.0 Å². The van der Waals surface area contributed by atoms with Crippen molar-refractivity contribution in [3.63, 3.8) is 0 Å². The Morgan fingerprint density at radius 1 is 1.25 bits per heavy atom. The van der Waals surface area contributed by atoms with Gasteiger partial charge >= 0.3 is 0 Å². The fourth-order valence-electron chi connectivity index (χ4n) is 2.11. The molecule has 0 heterocycles. The van der Waals surface area contributed by atoms with Crippen molar-refractivity contribution in [2.75, 3.05) is 12.3 Å². The Morgan fingerprint density at radius 3 is 2.50 bits per heavy atom. The topological polar surface area (TPSA) is 58.2 Å². The van der Waals surface area contributed by atoms with Crippen molar-refractivity contribution < 1.29 is 8.42 Å². The molecule has 112 valence electrons. The summed E-state index contributed by atoms with van der Waals surface area (Å²) >= 11 is 0. The molecule has 1 aliphatic rings. The second-order valence-corrected chi connectivity index (χ2v) is 7.52. The van der Waals surface area contributed by atoms with Crippen LogP contribution in [0.5, 0.6) is 0 Å². The zero-order valence-corrected chi connectivity index (χ0v) is 13.0. The first-order valence-corrected chi connectivity index (χ1v) is 8.91. The Bertz CT molecular complexity index is 521. The third-order valence-corrected chi connectivity index (χ3v) is 5.07. The molecule has 0 bridgehead atoms. The summed E-state index contributed by atoms with van der Waals surface area (Å²) in [6.07, 6.45) is 3.12. The molecule has 5 heteroatoms. The predicted molar refractivity (Wildman–Crippen MR) is 82.2 cm³/mol. The number of hydrogen-bond donors (Lipinski definition) is 2. The quantitative estimate of drug-likeness (QED) is 0.722. The van der Waals surface area contributed by atoms with E-state index in [2.05, 4.69) is 10.0 Å². The molecule has 0 radical (unpaired) electrons. The first kappa shape index (κ1) is 15.5. The van der Waals surface area contributed by atoms with E-state index in [1.807, 2.05) is 38.1 Å². The number of aryl methyl sites for hydroxylation is 1. The van der Waals surface area contributed by atoms with Gasteiger partial charge in [0.1, 0.15) is 0 Å². The highest BCUT2D eigenvalue weighted by Gasteiger charge is 2.20. The molecule has 0 aliphatic heterocycles. The zero-order valence-electron chi connectivity index (χ0n) is 12.2. The third kappa shape index (κ3) is 5.23. The van der Waals surface area contributed by atoms with Gasteiger partial charge in [-0.25, -0.2) is 13.1 Å². The molecule has 20 heavy (non-hydrogen) atoms. The van der Waals surface area contributed by atoms with E-state index in [9.17, 15) is 8.42 Å². The molecule has 1 unspecified atom stereocenters. The first-order chi connectivity index (χ1) is 9.46. The molecule has 0 amide bonds. The molecule has 4 nitrogen and oxygen atoms in total. The molecule has 1 atom stereocenters. The molecule has 0 saturated heterocycles. The van der Waals surface area contributed by atoms with Crippen molar-refractivity contribution >= 4 is 10.0 Å². The van der Waals surface area contributed by atoms with Gasteiger partial charge in [0.15, 0.2) is 0 Å². The lowest BCUT2D eigenvalue weighted by Crippen LogP contribution is -2.30. The highest BCUT2D eigenvalue weighted by atomic mass is 32.2. The van der Waals surface area contributed by atoms with E-state index in [-0.39, 0.29) is 11.8 Å². The van der Waals surface area contributed by atoms with Crippen molar-refractivity contribution in [2.45, 2.75) is 45.2 Å². The predicted octanol–water partition coefficient (Wildman–Crippen LogP) is 2.12. The van der Waals surface area contributed by atoms with Crippen molar-refractivity contribution in [2.24, 2.45) is 0 Å². The highest BCUT2D eigenvalue weighted by molar-refractivity contribution is 7.89. The van der Waals surface area contributed by atoms with Gasteiger partial charge in [-0.3, -0.25) is 0 Å². The highest BCUT2D eigenvalue weighted by Crippen LogP contribution is 2.18. The summed E-state index contributed by atoms with van der Waals surface area (Å²) in [5.41, 5.74) is 2.17. The SMILES string of the molecule is Cc1ccc(C(C)NS(=O)(=O)CCCNC2CC2)cc1. The van der Waals surface area contributed by atoms with E-state index in [1.165, 1.54) is 18.4 Å². The summed E-state index contributed by atoms with van der Waals surface area (Å²) in [4.78, 5) is 0. The fourth-order valence-corrected chi connectivity index (χ4v) is 3.42. The van der Waals surface area contributed by atoms with Crippen molar-refractivity contribution in [3.8, 4) is 0 Å². The molecular weight excluding hydrogens is 272 g/mol. The van der Waals surface area contributed by atoms with Crippen LogP contribution >= 0.6 is 0 Å². The van der Waals surface area contributed by atoms with Gasteiger partial charge in [0.25, 0.3) is 0 Å². The van der Waals surface area contributed by atoms with Gasteiger partial charge in [-0.05, 0) is 45.2 Å². The summed E-state index contributed by atoms with van der Waals surface area (Å²) in [7, 11) is -3.21. The maximum atomic E-state index is 12.0. The molecule has 1 aromatic carbocycles. The Balaban J connectivity index is 1.78. The lowest BCUT2D eigenvalue weighted by atomic mass is 10.1. The van der Waals surface area contributed by atoms with E-state index in [1.54, 1.807) is 0 Å². The van der Waals surface area contributed by atoms with Gasteiger partial charge < -0.3 is 5.32 Å². The lowest BCUT2D eigenvalue weighted by Gasteiger charge is -2.15. The van der Waals surface area contributed by atoms with Crippen LogP contribution in [0.1, 0.15) is 43.4 Å². The maximum Gasteiger partial charge on any atom is 0.212 e. The molecule has 0 spiro atoms. The second kappa shape index (κ2) is 6.70. The summed E-state index contributed by atoms with van der Waals surface area (Å²) < 4.78 is 26.7. The summed E-state index contributed by atoms with van der Waals surface area (Å²) in [6, 6.07) is 8.39. The standard InChI is InChI=1S/C15H24N2O2S/c1-12-4-6-14(7-5-12)13(2)17-20(18,19)11-3-10-16-15-8-9-15/h4-7,13,15-17H,3,8-11H2,1-2H3. The van der Waals surface area contributed by atoms with Crippen molar-refractivity contribution in [1.82, 2.24) is 10.0 Å². The minimum atomic E-state index is -3.21. The van der Waals surface area contributed by atoms with E-state index in [0.717, 1.165) is 12.1 Å². The van der Waals surface area contributed by atoms with Crippen molar-refractivity contribution in [1.29, 1.82) is 0 Å². The van der Waals surface area contributed by atoms with E-state index in [0.29, 0.717) is 12.5 Å². The Labute approximate surface area is 122 Å². The monoisotopic (exact) mass is 296 g/mol. The van der Waals surface area contributed by atoms with Crippen molar-refractivity contribution in [3.05, 3.63) is 35.4 Å². The number of hydrogen-bond acceptors (Lipinski definition) is 3. The smallest absolute Gasteiger partial charge is 0.212 e. The first-order valence-electron chi connectivity index (χ1n) is 7.26. The van der Waals surface area contributed by atoms with Crippen LogP contribution in [0, 0.1) is 6.92 Å². The Hall–Kier alpha value is -0.910. The van der Waals surface area contributed by atoms with Crippen LogP contribution in [-0.2, 0) is 10.0 Å². The lowest BCUT2D eigenvalue weighted by molar-refractivity contribution is 0.561. The Morgan fingerprint density at radius 2 is 1.90 bits per heavy atom. The van der Waals surface area contributed by atoms with Gasteiger partial charge in [-0.15, -0.1) is 0 Å². The summed E-state index contributed by atoms with van der Waals surface area (Å²) in [5.74, 6) is 0.183. The number of sulfonamides is 1. The van der Waals surface area contributed by atoms with E-state index >= 15 is 0 Å². The maximum absolute atomic E-state index is 12.0. The minimum Gasteiger partial charge on any atom is -0.314 e. The van der Waals surface area contributed by atoms with Crippen LogP contribution < -0.4 is 10.0 Å². The summed E-state index contributed by atoms with van der Waals surface area (Å²) in [5, 5.41) is 3.33. The molecule has 1 aromatic rings. The minimum absolute atomic E-state index is 0.183. The van der Waals surface area contributed by atoms with Crippen LogP contribution in [0.3, 0.4) is 0 Å². The molecule has 1 saturated carbocycles. The Kier molecular flexibility index (Phi) is 5.18. The zero-order chi connectivity index (χ0) is 14.6. The fraction of sp³-hybridized carbons (Fsp3) is 0.600. The third-order valence-electron chi connectivity index (χ3n) is 3.53.